The van der Waals surface area contributed by atoms with Crippen molar-refractivity contribution in [2.75, 3.05) is 0 Å². The normalized spacial score (nSPS) is 8.10. The van der Waals surface area contributed by atoms with Gasteiger partial charge in [0.25, 0.3) is 0 Å². The van der Waals surface area contributed by atoms with E-state index in [1.54, 1.807) is 6.92 Å². The van der Waals surface area contributed by atoms with Gasteiger partial charge in [0, 0.05) is 5.57 Å². The molecule has 0 aliphatic rings. The summed E-state index contributed by atoms with van der Waals surface area (Å²) in [6, 6.07) is 0. The lowest BCUT2D eigenvalue weighted by Crippen LogP contribution is -1.95. The van der Waals surface area contributed by atoms with Gasteiger partial charge in [0.05, 0.1) is 0 Å². The molecule has 1 N–H and O–H groups in total. The van der Waals surface area contributed by atoms with Gasteiger partial charge in [-0.05, 0) is 6.42 Å². The molecule has 0 atom stereocenters. The number of rotatable bonds is 2. The highest BCUT2D eigenvalue weighted by Crippen LogP contribution is 1.93. The SMILES string of the molecule is C=C(CC)C(=O)O.[SiH3]O[SiH3]. The summed E-state index contributed by atoms with van der Waals surface area (Å²) in [7, 11) is 1.86. The van der Waals surface area contributed by atoms with E-state index in [-0.39, 0.29) is 5.57 Å². The van der Waals surface area contributed by atoms with Crippen molar-refractivity contribution in [3.8, 4) is 0 Å². The molecule has 0 fully saturated rings. The van der Waals surface area contributed by atoms with Gasteiger partial charge in [-0.25, -0.2) is 4.79 Å². The van der Waals surface area contributed by atoms with Crippen molar-refractivity contribution in [3.63, 3.8) is 0 Å². The summed E-state index contributed by atoms with van der Waals surface area (Å²) in [6.07, 6.45) is 0.523. The second kappa shape index (κ2) is 8.60. The van der Waals surface area contributed by atoms with Crippen LogP contribution in [0.5, 0.6) is 0 Å². The van der Waals surface area contributed by atoms with Crippen LogP contribution in [0.1, 0.15) is 13.3 Å². The Morgan fingerprint density at radius 3 is 2.00 bits per heavy atom. The highest BCUT2D eigenvalue weighted by atomic mass is 28.3. The van der Waals surface area contributed by atoms with Gasteiger partial charge in [0.15, 0.2) is 0 Å². The molecular weight excluding hydrogens is 164 g/mol. The molecule has 0 unspecified atom stereocenters. The van der Waals surface area contributed by atoms with E-state index in [2.05, 4.69) is 10.7 Å². The van der Waals surface area contributed by atoms with Crippen molar-refractivity contribution in [2.45, 2.75) is 13.3 Å². The molecule has 0 aliphatic carbocycles. The van der Waals surface area contributed by atoms with Crippen LogP contribution in [0.3, 0.4) is 0 Å². The maximum atomic E-state index is 9.83. The zero-order valence-electron chi connectivity index (χ0n) is 6.68. The van der Waals surface area contributed by atoms with Crippen molar-refractivity contribution in [2.24, 2.45) is 0 Å². The molecule has 60 valence electrons. The molecular formula is C5H14O3Si2. The second-order valence-electron chi connectivity index (χ2n) is 1.67. The van der Waals surface area contributed by atoms with Crippen LogP contribution >= 0.6 is 0 Å². The number of carboxylic acids is 1. The number of hydrogen-bond acceptors (Lipinski definition) is 2. The highest BCUT2D eigenvalue weighted by molar-refractivity contribution is 6.15. The molecule has 0 amide bonds. The molecule has 10 heavy (non-hydrogen) atoms. The van der Waals surface area contributed by atoms with Gasteiger partial charge < -0.3 is 9.22 Å². The number of carbonyl (C=O) groups is 1. The second-order valence-corrected chi connectivity index (χ2v) is 4.94. The van der Waals surface area contributed by atoms with Gasteiger partial charge in [-0.1, -0.05) is 13.5 Å². The molecule has 0 bridgehead atoms. The van der Waals surface area contributed by atoms with Crippen LogP contribution in [0, 0.1) is 0 Å². The number of carboxylic acid groups (broad SMARTS) is 1. The van der Waals surface area contributed by atoms with Crippen LogP contribution in [-0.4, -0.2) is 32.0 Å². The fourth-order valence-electron chi connectivity index (χ4n) is 0.151. The van der Waals surface area contributed by atoms with E-state index in [0.29, 0.717) is 6.42 Å². The lowest BCUT2D eigenvalue weighted by Gasteiger charge is -1.87. The van der Waals surface area contributed by atoms with E-state index in [0.717, 1.165) is 21.0 Å². The van der Waals surface area contributed by atoms with Crippen LogP contribution in [0.25, 0.3) is 0 Å². The molecule has 3 nitrogen and oxygen atoms in total. The van der Waals surface area contributed by atoms with Gasteiger partial charge in [0.1, 0.15) is 21.0 Å². The minimum Gasteiger partial charge on any atom is -0.478 e. The average Bonchev–Trinajstić information content (AvgIpc) is 1.88. The number of aliphatic carboxylic acids is 1. The first-order valence-corrected chi connectivity index (χ1v) is 4.54. The molecule has 5 heteroatoms. The van der Waals surface area contributed by atoms with E-state index < -0.39 is 5.97 Å². The van der Waals surface area contributed by atoms with Gasteiger partial charge in [-0.2, -0.15) is 0 Å². The van der Waals surface area contributed by atoms with E-state index in [9.17, 15) is 4.79 Å². The van der Waals surface area contributed by atoms with Gasteiger partial charge in [-0.3, -0.25) is 0 Å². The minimum atomic E-state index is -0.900. The smallest absolute Gasteiger partial charge is 0.330 e. The Bertz CT molecular complexity index is 113. The minimum absolute atomic E-state index is 0.264. The Hall–Kier alpha value is -0.396. The maximum absolute atomic E-state index is 9.83. The average molecular weight is 178 g/mol. The fourth-order valence-corrected chi connectivity index (χ4v) is 0.151. The summed E-state index contributed by atoms with van der Waals surface area (Å²) in [6.45, 7) is 5.03. The molecule has 0 radical (unpaired) electrons. The summed E-state index contributed by atoms with van der Waals surface area (Å²) in [5, 5.41) is 8.08. The van der Waals surface area contributed by atoms with Crippen LogP contribution in [0.4, 0.5) is 0 Å². The molecule has 0 aromatic heterocycles. The Morgan fingerprint density at radius 2 is 2.00 bits per heavy atom. The summed E-state index contributed by atoms with van der Waals surface area (Å²) >= 11 is 0. The third kappa shape index (κ3) is 10.6. The first kappa shape index (κ1) is 12.3. The standard InChI is InChI=1S/C5H8O2.H6OSi2/c1-3-4(2)5(6)7;2-1-3/h2-3H2,1H3,(H,6,7);2-3H3. The Labute approximate surface area is 67.2 Å². The predicted octanol–water partition coefficient (Wildman–Crippen LogP) is -1.40. The third-order valence-corrected chi connectivity index (χ3v) is 0.729. The molecule has 0 aliphatic heterocycles. The lowest BCUT2D eigenvalue weighted by atomic mass is 10.2. The molecule has 0 saturated carbocycles. The highest BCUT2D eigenvalue weighted by Gasteiger charge is 1.96. The van der Waals surface area contributed by atoms with Crippen LogP contribution in [-0.2, 0) is 8.91 Å². The van der Waals surface area contributed by atoms with Crippen molar-refractivity contribution >= 4 is 26.9 Å². The topological polar surface area (TPSA) is 46.5 Å². The Morgan fingerprint density at radius 1 is 1.70 bits per heavy atom. The zero-order valence-corrected chi connectivity index (χ0v) is 10.7. The van der Waals surface area contributed by atoms with Gasteiger partial charge in [-0.15, -0.1) is 0 Å². The third-order valence-electron chi connectivity index (χ3n) is 0.729. The Balaban J connectivity index is 0. The number of hydrogen-bond donors (Lipinski definition) is 1. The van der Waals surface area contributed by atoms with E-state index in [1.165, 1.54) is 0 Å². The largest absolute Gasteiger partial charge is 0.478 e. The molecule has 0 heterocycles. The maximum Gasteiger partial charge on any atom is 0.330 e. The van der Waals surface area contributed by atoms with E-state index >= 15 is 0 Å². The molecule has 0 saturated heterocycles. The van der Waals surface area contributed by atoms with Crippen molar-refractivity contribution in [3.05, 3.63) is 12.2 Å². The van der Waals surface area contributed by atoms with Crippen molar-refractivity contribution in [1.82, 2.24) is 0 Å². The lowest BCUT2D eigenvalue weighted by molar-refractivity contribution is -0.132. The molecule has 0 rings (SSSR count). The zero-order chi connectivity index (χ0) is 8.57. The van der Waals surface area contributed by atoms with Gasteiger partial charge in [0.2, 0.25) is 0 Å². The fraction of sp³-hybridized carbons (Fsp3) is 0.400. The van der Waals surface area contributed by atoms with E-state index in [1.807, 2.05) is 0 Å². The Kier molecular flexibility index (Phi) is 10.6. The first-order chi connectivity index (χ1) is 4.59. The first-order valence-electron chi connectivity index (χ1n) is 2.91. The monoisotopic (exact) mass is 178 g/mol. The molecule has 0 aromatic carbocycles. The van der Waals surface area contributed by atoms with Crippen LogP contribution in [0.2, 0.25) is 0 Å². The van der Waals surface area contributed by atoms with Gasteiger partial charge >= 0.3 is 5.97 Å². The van der Waals surface area contributed by atoms with Crippen molar-refractivity contribution in [1.29, 1.82) is 0 Å². The quantitative estimate of drug-likeness (QED) is 0.418. The molecule has 0 spiro atoms. The summed E-state index contributed by atoms with van der Waals surface area (Å²) in [5.74, 6) is -0.900. The van der Waals surface area contributed by atoms with Crippen molar-refractivity contribution < 1.29 is 14.0 Å². The van der Waals surface area contributed by atoms with Crippen LogP contribution in [0.15, 0.2) is 12.2 Å². The molecule has 0 aromatic rings. The predicted molar refractivity (Wildman–Crippen MR) is 48.0 cm³/mol. The van der Waals surface area contributed by atoms with E-state index in [4.69, 9.17) is 5.11 Å². The summed E-state index contributed by atoms with van der Waals surface area (Å²) < 4.78 is 4.53. The van der Waals surface area contributed by atoms with Crippen LogP contribution < -0.4 is 0 Å². The summed E-state index contributed by atoms with van der Waals surface area (Å²) in [4.78, 5) is 9.83. The summed E-state index contributed by atoms with van der Waals surface area (Å²) in [5.41, 5.74) is 0.264.